The standard InChI is InChI=1S/C18H28N4O3.HI/c1-4-25-18(23)22-10-8-15(9-11-22)21-17(19-2)20-13-14-6-5-7-16(12-14)24-3;/h5-7,12,15H,4,8-11,13H2,1-3H3,(H2,19,20,21);1H. The number of methoxy groups -OCH3 is 1. The number of piperidine rings is 1. The molecule has 1 aromatic rings. The highest BCUT2D eigenvalue weighted by atomic mass is 127. The maximum Gasteiger partial charge on any atom is 0.409 e. The van der Waals surface area contributed by atoms with Crippen LogP contribution in [-0.2, 0) is 11.3 Å². The summed E-state index contributed by atoms with van der Waals surface area (Å²) in [6.07, 6.45) is 1.53. The Balaban J connectivity index is 0.00000338. The zero-order valence-electron chi connectivity index (χ0n) is 15.7. The lowest BCUT2D eigenvalue weighted by Gasteiger charge is -2.32. The van der Waals surface area contributed by atoms with Crippen LogP contribution in [0.2, 0.25) is 0 Å². The Morgan fingerprint density at radius 1 is 1.35 bits per heavy atom. The van der Waals surface area contributed by atoms with E-state index in [1.165, 1.54) is 0 Å². The molecule has 0 aromatic heterocycles. The smallest absolute Gasteiger partial charge is 0.409 e. The zero-order chi connectivity index (χ0) is 18.1. The van der Waals surface area contributed by atoms with Crippen LogP contribution in [0.3, 0.4) is 0 Å². The first-order valence-corrected chi connectivity index (χ1v) is 8.68. The van der Waals surface area contributed by atoms with Crippen molar-refractivity contribution in [2.24, 2.45) is 4.99 Å². The molecule has 0 atom stereocenters. The Kier molecular flexibility index (Phi) is 10.2. The summed E-state index contributed by atoms with van der Waals surface area (Å²) in [4.78, 5) is 17.8. The van der Waals surface area contributed by atoms with E-state index in [1.54, 1.807) is 19.1 Å². The highest BCUT2D eigenvalue weighted by Crippen LogP contribution is 2.13. The van der Waals surface area contributed by atoms with Gasteiger partial charge in [0.15, 0.2) is 5.96 Å². The molecule has 1 amide bonds. The molecule has 0 saturated carbocycles. The third-order valence-electron chi connectivity index (χ3n) is 4.18. The van der Waals surface area contributed by atoms with E-state index in [-0.39, 0.29) is 30.1 Å². The van der Waals surface area contributed by atoms with E-state index < -0.39 is 0 Å². The molecule has 1 aliphatic heterocycles. The van der Waals surface area contributed by atoms with Crippen molar-refractivity contribution in [1.82, 2.24) is 15.5 Å². The topological polar surface area (TPSA) is 75.2 Å². The lowest BCUT2D eigenvalue weighted by atomic mass is 10.1. The molecule has 1 saturated heterocycles. The fourth-order valence-corrected chi connectivity index (χ4v) is 2.78. The summed E-state index contributed by atoms with van der Waals surface area (Å²) in [6.45, 7) is 4.30. The highest BCUT2D eigenvalue weighted by molar-refractivity contribution is 14.0. The number of aliphatic imine (C=N–C) groups is 1. The summed E-state index contributed by atoms with van der Waals surface area (Å²) in [5, 5.41) is 6.74. The van der Waals surface area contributed by atoms with Crippen molar-refractivity contribution in [2.45, 2.75) is 32.4 Å². The van der Waals surface area contributed by atoms with E-state index in [4.69, 9.17) is 9.47 Å². The molecule has 0 aliphatic carbocycles. The summed E-state index contributed by atoms with van der Waals surface area (Å²) in [5.41, 5.74) is 1.12. The first kappa shape index (κ1) is 22.3. The van der Waals surface area contributed by atoms with Gasteiger partial charge in [0.25, 0.3) is 0 Å². The van der Waals surface area contributed by atoms with E-state index in [0.29, 0.717) is 32.3 Å². The van der Waals surface area contributed by atoms with Gasteiger partial charge in [0.2, 0.25) is 0 Å². The Morgan fingerprint density at radius 2 is 2.08 bits per heavy atom. The maximum absolute atomic E-state index is 11.7. The average Bonchev–Trinajstić information content (AvgIpc) is 2.66. The van der Waals surface area contributed by atoms with E-state index in [1.807, 2.05) is 31.2 Å². The van der Waals surface area contributed by atoms with Gasteiger partial charge in [-0.2, -0.15) is 0 Å². The van der Waals surface area contributed by atoms with Gasteiger partial charge < -0.3 is 25.0 Å². The summed E-state index contributed by atoms with van der Waals surface area (Å²) >= 11 is 0. The van der Waals surface area contributed by atoms with Crippen LogP contribution in [-0.4, -0.2) is 56.8 Å². The molecule has 0 radical (unpaired) electrons. The highest BCUT2D eigenvalue weighted by Gasteiger charge is 2.23. The molecule has 1 aromatic carbocycles. The van der Waals surface area contributed by atoms with Gasteiger partial charge in [-0.15, -0.1) is 24.0 Å². The van der Waals surface area contributed by atoms with Crippen LogP contribution in [0.1, 0.15) is 25.3 Å². The molecule has 146 valence electrons. The van der Waals surface area contributed by atoms with Crippen molar-refractivity contribution in [3.05, 3.63) is 29.8 Å². The van der Waals surface area contributed by atoms with E-state index in [9.17, 15) is 4.79 Å². The van der Waals surface area contributed by atoms with Crippen LogP contribution in [0.5, 0.6) is 5.75 Å². The number of nitrogens with one attached hydrogen (secondary N) is 2. The minimum Gasteiger partial charge on any atom is -0.497 e. The Hall–Kier alpha value is -1.71. The van der Waals surface area contributed by atoms with Crippen LogP contribution in [0, 0.1) is 0 Å². The fraction of sp³-hybridized carbons (Fsp3) is 0.556. The van der Waals surface area contributed by atoms with Gasteiger partial charge in [-0.05, 0) is 37.5 Å². The molecule has 1 fully saturated rings. The van der Waals surface area contributed by atoms with Crippen molar-refractivity contribution < 1.29 is 14.3 Å². The summed E-state index contributed by atoms with van der Waals surface area (Å²) in [6, 6.07) is 8.23. The van der Waals surface area contributed by atoms with Gasteiger partial charge in [-0.25, -0.2) is 4.79 Å². The predicted molar refractivity (Wildman–Crippen MR) is 113 cm³/mol. The Morgan fingerprint density at radius 3 is 2.69 bits per heavy atom. The summed E-state index contributed by atoms with van der Waals surface area (Å²) in [7, 11) is 3.42. The molecule has 0 spiro atoms. The van der Waals surface area contributed by atoms with Gasteiger partial charge in [-0.1, -0.05) is 12.1 Å². The Labute approximate surface area is 172 Å². The second-order valence-corrected chi connectivity index (χ2v) is 5.88. The number of rotatable bonds is 5. The quantitative estimate of drug-likeness (QED) is 0.388. The number of carbonyl (C=O) groups excluding carboxylic acids is 1. The minimum atomic E-state index is -0.221. The van der Waals surface area contributed by atoms with Gasteiger partial charge in [0.1, 0.15) is 5.75 Å². The van der Waals surface area contributed by atoms with Gasteiger partial charge in [0.05, 0.1) is 13.7 Å². The van der Waals surface area contributed by atoms with Crippen molar-refractivity contribution in [3.63, 3.8) is 0 Å². The van der Waals surface area contributed by atoms with Crippen LogP contribution in [0.25, 0.3) is 0 Å². The second kappa shape index (κ2) is 11.8. The van der Waals surface area contributed by atoms with Crippen molar-refractivity contribution >= 4 is 36.0 Å². The van der Waals surface area contributed by atoms with E-state index in [0.717, 1.165) is 30.1 Å². The fourth-order valence-electron chi connectivity index (χ4n) is 2.78. The lowest BCUT2D eigenvalue weighted by molar-refractivity contribution is 0.0963. The number of nitrogens with zero attached hydrogens (tertiary/aromatic N) is 2. The van der Waals surface area contributed by atoms with Crippen molar-refractivity contribution in [3.8, 4) is 5.75 Å². The third kappa shape index (κ3) is 6.89. The number of hydrogen-bond donors (Lipinski definition) is 2. The molecule has 0 bridgehead atoms. The second-order valence-electron chi connectivity index (χ2n) is 5.88. The Bertz CT molecular complexity index is 590. The molecular formula is C18H29IN4O3. The zero-order valence-corrected chi connectivity index (χ0v) is 18.0. The SMILES string of the molecule is CCOC(=O)N1CCC(NC(=NC)NCc2cccc(OC)c2)CC1.I. The van der Waals surface area contributed by atoms with Crippen LogP contribution >= 0.6 is 24.0 Å². The molecule has 0 unspecified atom stereocenters. The number of likely N-dealkylation sites (tertiary alicyclic amines) is 1. The number of ether oxygens (including phenoxy) is 2. The van der Waals surface area contributed by atoms with Gasteiger partial charge >= 0.3 is 6.09 Å². The molecule has 2 N–H and O–H groups in total. The van der Waals surface area contributed by atoms with Gasteiger partial charge in [-0.3, -0.25) is 4.99 Å². The number of carbonyl (C=O) groups is 1. The van der Waals surface area contributed by atoms with Crippen LogP contribution in [0.4, 0.5) is 4.79 Å². The number of halogens is 1. The number of guanidine groups is 1. The largest absolute Gasteiger partial charge is 0.497 e. The molecule has 1 heterocycles. The summed E-state index contributed by atoms with van der Waals surface area (Å²) in [5.74, 6) is 1.60. The number of hydrogen-bond acceptors (Lipinski definition) is 4. The molecule has 1 aliphatic rings. The monoisotopic (exact) mass is 476 g/mol. The van der Waals surface area contributed by atoms with E-state index in [2.05, 4.69) is 15.6 Å². The van der Waals surface area contributed by atoms with E-state index >= 15 is 0 Å². The maximum atomic E-state index is 11.7. The molecule has 8 heteroatoms. The minimum absolute atomic E-state index is 0. The van der Waals surface area contributed by atoms with Gasteiger partial charge in [0, 0.05) is 32.7 Å². The summed E-state index contributed by atoms with van der Waals surface area (Å²) < 4.78 is 10.3. The first-order valence-electron chi connectivity index (χ1n) is 8.68. The first-order chi connectivity index (χ1) is 12.2. The van der Waals surface area contributed by atoms with Crippen LogP contribution < -0.4 is 15.4 Å². The lowest BCUT2D eigenvalue weighted by Crippen LogP contribution is -2.49. The number of amides is 1. The van der Waals surface area contributed by atoms with Crippen LogP contribution in [0.15, 0.2) is 29.3 Å². The average molecular weight is 476 g/mol. The number of benzene rings is 1. The normalized spacial score (nSPS) is 15.0. The third-order valence-corrected chi connectivity index (χ3v) is 4.18. The molecule has 7 nitrogen and oxygen atoms in total. The van der Waals surface area contributed by atoms with Crippen molar-refractivity contribution in [1.29, 1.82) is 0 Å². The predicted octanol–water partition coefficient (Wildman–Crippen LogP) is 2.60. The molecule has 26 heavy (non-hydrogen) atoms. The van der Waals surface area contributed by atoms with Crippen molar-refractivity contribution in [2.75, 3.05) is 33.9 Å². The molecule has 2 rings (SSSR count). The molecular weight excluding hydrogens is 447 g/mol.